The van der Waals surface area contributed by atoms with Crippen molar-refractivity contribution >= 4 is 17.3 Å². The van der Waals surface area contributed by atoms with E-state index in [1.165, 1.54) is 4.88 Å². The summed E-state index contributed by atoms with van der Waals surface area (Å²) in [6, 6.07) is 19.9. The highest BCUT2D eigenvalue weighted by atomic mass is 32.1. The van der Waals surface area contributed by atoms with E-state index in [-0.39, 0.29) is 24.6 Å². The maximum atomic E-state index is 13.4. The number of ether oxygens (including phenoxy) is 3. The van der Waals surface area contributed by atoms with E-state index in [0.717, 1.165) is 46.0 Å². The van der Waals surface area contributed by atoms with Gasteiger partial charge >= 0.3 is 5.97 Å². The van der Waals surface area contributed by atoms with Crippen LogP contribution in [0.2, 0.25) is 0 Å². The molecular weight excluding hydrogens is 522 g/mol. The molecule has 0 amide bonds. The van der Waals surface area contributed by atoms with Crippen LogP contribution in [0.15, 0.2) is 72.6 Å². The van der Waals surface area contributed by atoms with E-state index in [4.69, 9.17) is 19.9 Å². The Balaban J connectivity index is 0.00000560. The van der Waals surface area contributed by atoms with Crippen LogP contribution in [0.1, 0.15) is 66.0 Å². The predicted octanol–water partition coefficient (Wildman–Crippen LogP) is 6.99. The number of esters is 1. The summed E-state index contributed by atoms with van der Waals surface area (Å²) in [5.41, 5.74) is 9.50. The molecule has 1 heterocycles. The third-order valence-electron chi connectivity index (χ3n) is 6.89. The van der Waals surface area contributed by atoms with Crippen LogP contribution in [0.3, 0.4) is 0 Å². The number of hydrogen-bond acceptors (Lipinski definition) is 8. The zero-order valence-corrected chi connectivity index (χ0v) is 25.3. The number of methoxy groups -OCH3 is 1. The standard InChI is InChI=1S/C32H42N2O4S.H3N/c1-6-34-19-27(33)14-17-29(32(3,4)31(35)38-21-24-10-8-7-9-11-24)30-18-26(23(2)39-30)22-37-20-25-12-15-28(36-5)16-13-25;/h7-13,15-16,18-19,29,34H,6,14,17,20-22,33H2,1-5H3;1H3/b27-19-;/t29-;/m1./s1. The molecule has 6 N–H and O–H groups in total. The Bertz CT molecular complexity index is 1210. The molecule has 0 saturated carbocycles. The molecule has 1 aromatic heterocycles. The molecule has 0 radical (unpaired) electrons. The average molecular weight is 568 g/mol. The van der Waals surface area contributed by atoms with Gasteiger partial charge in [-0.15, -0.1) is 11.3 Å². The fourth-order valence-corrected chi connectivity index (χ4v) is 5.75. The van der Waals surface area contributed by atoms with E-state index in [9.17, 15) is 4.79 Å². The van der Waals surface area contributed by atoms with Crippen molar-refractivity contribution in [3.8, 4) is 5.75 Å². The van der Waals surface area contributed by atoms with E-state index in [1.54, 1.807) is 18.4 Å². The Morgan fingerprint density at radius 2 is 1.73 bits per heavy atom. The van der Waals surface area contributed by atoms with Crippen molar-refractivity contribution < 1.29 is 19.0 Å². The second kappa shape index (κ2) is 16.1. The molecule has 0 unspecified atom stereocenters. The van der Waals surface area contributed by atoms with Crippen LogP contribution in [-0.4, -0.2) is 19.6 Å². The van der Waals surface area contributed by atoms with Crippen molar-refractivity contribution in [3.63, 3.8) is 0 Å². The Kier molecular flexibility index (Phi) is 13.2. The number of carbonyl (C=O) groups excluding carboxylic acids is 1. The lowest BCUT2D eigenvalue weighted by Crippen LogP contribution is -2.33. The largest absolute Gasteiger partial charge is 0.497 e. The monoisotopic (exact) mass is 567 g/mol. The molecule has 40 heavy (non-hydrogen) atoms. The van der Waals surface area contributed by atoms with Crippen LogP contribution in [0.5, 0.6) is 5.75 Å². The SMILES string of the molecule is CCN/C=C(\N)CC[C@H](c1cc(COCc2ccc(OC)cc2)c(C)s1)C(C)(C)C(=O)OCc1ccccc1.N. The van der Waals surface area contributed by atoms with Crippen molar-refractivity contribution in [2.75, 3.05) is 13.7 Å². The number of carbonyl (C=O) groups is 1. The zero-order valence-electron chi connectivity index (χ0n) is 24.5. The predicted molar refractivity (Wildman–Crippen MR) is 164 cm³/mol. The van der Waals surface area contributed by atoms with Gasteiger partial charge in [0.2, 0.25) is 0 Å². The van der Waals surface area contributed by atoms with Gasteiger partial charge in [-0.3, -0.25) is 4.79 Å². The van der Waals surface area contributed by atoms with E-state index in [1.807, 2.05) is 81.6 Å². The number of allylic oxidation sites excluding steroid dienone is 1. The van der Waals surface area contributed by atoms with Crippen molar-refractivity contribution in [2.24, 2.45) is 11.1 Å². The molecule has 0 aliphatic rings. The van der Waals surface area contributed by atoms with Crippen LogP contribution in [0.25, 0.3) is 0 Å². The van der Waals surface area contributed by atoms with Crippen LogP contribution < -0.4 is 21.9 Å². The lowest BCUT2D eigenvalue weighted by Gasteiger charge is -2.32. The lowest BCUT2D eigenvalue weighted by atomic mass is 9.75. The smallest absolute Gasteiger partial charge is 0.312 e. The highest BCUT2D eigenvalue weighted by Gasteiger charge is 2.40. The molecule has 0 aliphatic carbocycles. The van der Waals surface area contributed by atoms with Gasteiger partial charge < -0.3 is 31.4 Å². The second-order valence-electron chi connectivity index (χ2n) is 10.2. The number of aryl methyl sites for hydroxylation is 1. The first-order chi connectivity index (χ1) is 18.7. The van der Waals surface area contributed by atoms with Gasteiger partial charge in [-0.25, -0.2) is 0 Å². The molecule has 7 nitrogen and oxygen atoms in total. The molecule has 218 valence electrons. The summed E-state index contributed by atoms with van der Waals surface area (Å²) in [7, 11) is 1.66. The number of rotatable bonds is 15. The first-order valence-corrected chi connectivity index (χ1v) is 14.2. The fraction of sp³-hybridized carbons (Fsp3) is 0.406. The quantitative estimate of drug-likeness (QED) is 0.169. The Morgan fingerprint density at radius 3 is 2.38 bits per heavy atom. The lowest BCUT2D eigenvalue weighted by molar-refractivity contribution is -0.156. The van der Waals surface area contributed by atoms with Gasteiger partial charge in [-0.1, -0.05) is 42.5 Å². The van der Waals surface area contributed by atoms with E-state index >= 15 is 0 Å². The molecule has 3 aromatic rings. The molecule has 1 atom stereocenters. The van der Waals surface area contributed by atoms with Gasteiger partial charge in [-0.05, 0) is 75.4 Å². The average Bonchev–Trinajstić information content (AvgIpc) is 3.30. The summed E-state index contributed by atoms with van der Waals surface area (Å²) in [6.45, 7) is 10.2. The minimum atomic E-state index is -0.744. The third-order valence-corrected chi connectivity index (χ3v) is 8.10. The van der Waals surface area contributed by atoms with Crippen molar-refractivity contribution in [3.05, 3.63) is 99.0 Å². The molecule has 0 aliphatic heterocycles. The zero-order chi connectivity index (χ0) is 28.3. The van der Waals surface area contributed by atoms with Gasteiger partial charge in [0.05, 0.1) is 25.7 Å². The van der Waals surface area contributed by atoms with Crippen molar-refractivity contribution in [1.82, 2.24) is 11.5 Å². The first-order valence-electron chi connectivity index (χ1n) is 13.4. The van der Waals surface area contributed by atoms with E-state index in [2.05, 4.69) is 18.3 Å². The molecule has 0 fully saturated rings. The summed E-state index contributed by atoms with van der Waals surface area (Å²) in [4.78, 5) is 15.8. The number of hydrogen-bond donors (Lipinski definition) is 3. The molecule has 0 spiro atoms. The number of nitrogens with one attached hydrogen (secondary N) is 1. The summed E-state index contributed by atoms with van der Waals surface area (Å²) < 4.78 is 17.1. The highest BCUT2D eigenvalue weighted by Crippen LogP contribution is 2.44. The van der Waals surface area contributed by atoms with Crippen LogP contribution >= 0.6 is 11.3 Å². The van der Waals surface area contributed by atoms with Gasteiger partial charge in [0.25, 0.3) is 0 Å². The first kappa shape index (κ1) is 32.9. The Labute approximate surface area is 243 Å². The van der Waals surface area contributed by atoms with Crippen molar-refractivity contribution in [2.45, 2.75) is 66.3 Å². The minimum Gasteiger partial charge on any atom is -0.497 e. The maximum Gasteiger partial charge on any atom is 0.312 e. The molecule has 0 saturated heterocycles. The molecule has 0 bridgehead atoms. The molecule has 8 heteroatoms. The second-order valence-corrected chi connectivity index (χ2v) is 11.5. The topological polar surface area (TPSA) is 118 Å². The van der Waals surface area contributed by atoms with Gasteiger partial charge in [-0.2, -0.15) is 0 Å². The summed E-state index contributed by atoms with van der Waals surface area (Å²) in [5.74, 6) is 0.552. The minimum absolute atomic E-state index is 0. The Morgan fingerprint density at radius 1 is 1.05 bits per heavy atom. The van der Waals surface area contributed by atoms with Gasteiger partial charge in [0.15, 0.2) is 0 Å². The fourth-order valence-electron chi connectivity index (χ4n) is 4.39. The molecule has 2 aromatic carbocycles. The summed E-state index contributed by atoms with van der Waals surface area (Å²) >= 11 is 1.72. The van der Waals surface area contributed by atoms with Crippen LogP contribution in [-0.2, 0) is 34.1 Å². The van der Waals surface area contributed by atoms with Gasteiger partial charge in [0, 0.05) is 34.1 Å². The number of thiophene rings is 1. The summed E-state index contributed by atoms with van der Waals surface area (Å²) in [5, 5.41) is 3.17. The van der Waals surface area contributed by atoms with Crippen molar-refractivity contribution in [1.29, 1.82) is 0 Å². The number of nitrogens with two attached hydrogens (primary N) is 1. The maximum absolute atomic E-state index is 13.4. The van der Waals surface area contributed by atoms with E-state index < -0.39 is 5.41 Å². The molecular formula is C32H45N3O4S. The van der Waals surface area contributed by atoms with E-state index in [0.29, 0.717) is 19.6 Å². The summed E-state index contributed by atoms with van der Waals surface area (Å²) in [6.07, 6.45) is 3.26. The normalized spacial score (nSPS) is 12.4. The third kappa shape index (κ3) is 9.40. The Hall–Kier alpha value is -3.33. The number of benzene rings is 2. The van der Waals surface area contributed by atoms with Gasteiger partial charge in [0.1, 0.15) is 12.4 Å². The van der Waals surface area contributed by atoms with Crippen LogP contribution in [0.4, 0.5) is 0 Å². The molecule has 3 rings (SSSR count). The van der Waals surface area contributed by atoms with Crippen LogP contribution in [0, 0.1) is 12.3 Å². The highest BCUT2D eigenvalue weighted by molar-refractivity contribution is 7.12.